The Morgan fingerprint density at radius 1 is 1.29 bits per heavy atom. The summed E-state index contributed by atoms with van der Waals surface area (Å²) in [7, 11) is 0. The highest BCUT2D eigenvalue weighted by atomic mass is 16.5. The monoisotopic (exact) mass is 243 g/mol. The number of unbranched alkanes of at least 4 members (excludes halogenated alkanes) is 1. The second kappa shape index (κ2) is 6.00. The summed E-state index contributed by atoms with van der Waals surface area (Å²) in [6.45, 7) is 5.77. The van der Waals surface area contributed by atoms with Crippen molar-refractivity contribution < 1.29 is 19.4 Å². The highest BCUT2D eigenvalue weighted by Gasteiger charge is 2.29. The number of rotatable bonds is 5. The molecular weight excluding hydrogens is 222 g/mol. The van der Waals surface area contributed by atoms with Crippen LogP contribution >= 0.6 is 0 Å². The lowest BCUT2D eigenvalue weighted by Gasteiger charge is -2.38. The molecule has 0 atom stereocenters. The van der Waals surface area contributed by atoms with Crippen molar-refractivity contribution in [2.45, 2.75) is 45.1 Å². The Balaban J connectivity index is 2.25. The quantitative estimate of drug-likeness (QED) is 0.738. The van der Waals surface area contributed by atoms with Crippen LogP contribution in [0.25, 0.3) is 0 Å². The van der Waals surface area contributed by atoms with Crippen molar-refractivity contribution in [1.29, 1.82) is 0 Å². The Kier molecular flexibility index (Phi) is 4.93. The number of carbonyl (C=O) groups is 2. The number of morpholine rings is 1. The van der Waals surface area contributed by atoms with Gasteiger partial charge in [-0.2, -0.15) is 0 Å². The Labute approximate surface area is 102 Å². The summed E-state index contributed by atoms with van der Waals surface area (Å²) in [5.74, 6) is -0.697. The molecular formula is C12H21NO4. The van der Waals surface area contributed by atoms with Crippen LogP contribution < -0.4 is 0 Å². The van der Waals surface area contributed by atoms with Gasteiger partial charge in [0, 0.05) is 25.9 Å². The van der Waals surface area contributed by atoms with E-state index in [1.165, 1.54) is 0 Å². The van der Waals surface area contributed by atoms with Gasteiger partial charge in [0.2, 0.25) is 5.91 Å². The highest BCUT2D eigenvalue weighted by molar-refractivity contribution is 5.76. The first kappa shape index (κ1) is 14.0. The van der Waals surface area contributed by atoms with Crippen LogP contribution in [0.4, 0.5) is 0 Å². The smallest absolute Gasteiger partial charge is 0.303 e. The number of ether oxygens (including phenoxy) is 1. The molecule has 5 nitrogen and oxygen atoms in total. The molecule has 0 aromatic carbocycles. The Morgan fingerprint density at radius 2 is 1.94 bits per heavy atom. The first-order valence-electron chi connectivity index (χ1n) is 6.04. The zero-order valence-electron chi connectivity index (χ0n) is 10.6. The molecule has 0 aliphatic carbocycles. The van der Waals surface area contributed by atoms with Gasteiger partial charge in [-0.1, -0.05) is 0 Å². The topological polar surface area (TPSA) is 66.8 Å². The van der Waals surface area contributed by atoms with Gasteiger partial charge in [0.1, 0.15) is 0 Å². The summed E-state index contributed by atoms with van der Waals surface area (Å²) in [4.78, 5) is 24.0. The fraction of sp³-hybridized carbons (Fsp3) is 0.833. The third kappa shape index (κ3) is 5.17. The van der Waals surface area contributed by atoms with Crippen LogP contribution in [0.1, 0.15) is 39.5 Å². The maximum Gasteiger partial charge on any atom is 0.303 e. The van der Waals surface area contributed by atoms with Gasteiger partial charge in [0.15, 0.2) is 0 Å². The van der Waals surface area contributed by atoms with Gasteiger partial charge in [-0.3, -0.25) is 9.59 Å². The van der Waals surface area contributed by atoms with Crippen molar-refractivity contribution in [2.75, 3.05) is 19.7 Å². The van der Waals surface area contributed by atoms with E-state index in [0.29, 0.717) is 39.0 Å². The Morgan fingerprint density at radius 3 is 2.53 bits per heavy atom. The summed E-state index contributed by atoms with van der Waals surface area (Å²) in [6, 6.07) is 0. The van der Waals surface area contributed by atoms with E-state index in [1.807, 2.05) is 18.7 Å². The van der Waals surface area contributed by atoms with Crippen LogP contribution in [0.5, 0.6) is 0 Å². The number of amides is 1. The third-order valence-corrected chi connectivity index (χ3v) is 2.81. The van der Waals surface area contributed by atoms with Crippen molar-refractivity contribution in [3.63, 3.8) is 0 Å². The molecule has 17 heavy (non-hydrogen) atoms. The molecule has 0 aromatic rings. The van der Waals surface area contributed by atoms with E-state index >= 15 is 0 Å². The number of hydrogen-bond acceptors (Lipinski definition) is 3. The number of carboxylic acids is 1. The van der Waals surface area contributed by atoms with Crippen LogP contribution in [-0.4, -0.2) is 47.2 Å². The van der Waals surface area contributed by atoms with Crippen molar-refractivity contribution in [3.05, 3.63) is 0 Å². The predicted octanol–water partition coefficient (Wildman–Crippen LogP) is 1.27. The first-order valence-corrected chi connectivity index (χ1v) is 6.04. The van der Waals surface area contributed by atoms with Crippen LogP contribution in [0.2, 0.25) is 0 Å². The molecule has 0 bridgehead atoms. The lowest BCUT2D eigenvalue weighted by molar-refractivity contribution is -0.146. The number of hydrogen-bond donors (Lipinski definition) is 1. The Hall–Kier alpha value is -1.10. The van der Waals surface area contributed by atoms with Gasteiger partial charge in [-0.15, -0.1) is 0 Å². The van der Waals surface area contributed by atoms with Crippen molar-refractivity contribution in [3.8, 4) is 0 Å². The molecule has 1 saturated heterocycles. The molecule has 5 heteroatoms. The molecule has 1 heterocycles. The minimum absolute atomic E-state index is 0.103. The molecule has 0 spiro atoms. The maximum atomic E-state index is 11.9. The van der Waals surface area contributed by atoms with Crippen LogP contribution in [0.15, 0.2) is 0 Å². The van der Waals surface area contributed by atoms with Crippen molar-refractivity contribution in [1.82, 2.24) is 4.90 Å². The minimum atomic E-state index is -0.801. The second-order valence-corrected chi connectivity index (χ2v) is 5.02. The fourth-order valence-corrected chi connectivity index (χ4v) is 1.94. The van der Waals surface area contributed by atoms with Gasteiger partial charge in [0.05, 0.1) is 12.2 Å². The molecule has 98 valence electrons. The summed E-state index contributed by atoms with van der Waals surface area (Å²) in [5, 5.41) is 8.48. The lowest BCUT2D eigenvalue weighted by Crippen LogP contribution is -2.50. The molecule has 0 saturated carbocycles. The number of nitrogens with zero attached hydrogens (tertiary/aromatic N) is 1. The second-order valence-electron chi connectivity index (χ2n) is 5.02. The minimum Gasteiger partial charge on any atom is -0.481 e. The van der Waals surface area contributed by atoms with Crippen molar-refractivity contribution >= 4 is 11.9 Å². The maximum absolute atomic E-state index is 11.9. The summed E-state index contributed by atoms with van der Waals surface area (Å²) in [5.41, 5.74) is -0.269. The summed E-state index contributed by atoms with van der Waals surface area (Å²) >= 11 is 0. The normalized spacial score (nSPS) is 19.1. The lowest BCUT2D eigenvalue weighted by atomic mass is 10.1. The number of carbonyl (C=O) groups excluding carboxylic acids is 1. The molecule has 0 unspecified atom stereocenters. The number of carboxylic acid groups (broad SMARTS) is 1. The average Bonchev–Trinajstić information content (AvgIpc) is 2.22. The SMILES string of the molecule is CC1(C)CN(C(=O)CCCCC(=O)O)CCO1. The van der Waals surface area contributed by atoms with Crippen LogP contribution in [0.3, 0.4) is 0 Å². The largest absolute Gasteiger partial charge is 0.481 e. The first-order chi connectivity index (χ1) is 7.91. The molecule has 1 amide bonds. The standard InChI is InChI=1S/C12H21NO4/c1-12(2)9-13(7-8-17-12)10(14)5-3-4-6-11(15)16/h3-9H2,1-2H3,(H,15,16). The third-order valence-electron chi connectivity index (χ3n) is 2.81. The zero-order chi connectivity index (χ0) is 12.9. The van der Waals surface area contributed by atoms with Crippen molar-refractivity contribution in [2.24, 2.45) is 0 Å². The van der Waals surface area contributed by atoms with Gasteiger partial charge < -0.3 is 14.7 Å². The van der Waals surface area contributed by atoms with E-state index < -0.39 is 5.97 Å². The summed E-state index contributed by atoms with van der Waals surface area (Å²) in [6.07, 6.45) is 1.78. The van der Waals surface area contributed by atoms with E-state index in [4.69, 9.17) is 9.84 Å². The fourth-order valence-electron chi connectivity index (χ4n) is 1.94. The molecule has 0 radical (unpaired) electrons. The molecule has 1 aliphatic rings. The number of aliphatic carboxylic acids is 1. The van der Waals surface area contributed by atoms with Crippen LogP contribution in [0, 0.1) is 0 Å². The van der Waals surface area contributed by atoms with Gasteiger partial charge in [0.25, 0.3) is 0 Å². The van der Waals surface area contributed by atoms with E-state index in [-0.39, 0.29) is 17.9 Å². The molecule has 1 rings (SSSR count). The molecule has 1 fully saturated rings. The highest BCUT2D eigenvalue weighted by Crippen LogP contribution is 2.17. The molecule has 1 N–H and O–H groups in total. The molecule has 1 aliphatic heterocycles. The summed E-state index contributed by atoms with van der Waals surface area (Å²) < 4.78 is 5.53. The van der Waals surface area contributed by atoms with E-state index in [0.717, 1.165) is 0 Å². The van der Waals surface area contributed by atoms with E-state index in [1.54, 1.807) is 0 Å². The molecule has 0 aromatic heterocycles. The average molecular weight is 243 g/mol. The zero-order valence-corrected chi connectivity index (χ0v) is 10.6. The van der Waals surface area contributed by atoms with Gasteiger partial charge >= 0.3 is 5.97 Å². The van der Waals surface area contributed by atoms with Gasteiger partial charge in [-0.05, 0) is 26.7 Å². The van der Waals surface area contributed by atoms with Gasteiger partial charge in [-0.25, -0.2) is 0 Å². The predicted molar refractivity (Wildman–Crippen MR) is 62.7 cm³/mol. The van der Waals surface area contributed by atoms with E-state index in [9.17, 15) is 9.59 Å². The van der Waals surface area contributed by atoms with E-state index in [2.05, 4.69) is 0 Å². The Bertz CT molecular complexity index is 288. The van der Waals surface area contributed by atoms with Crippen LogP contribution in [-0.2, 0) is 14.3 Å².